The van der Waals surface area contributed by atoms with Gasteiger partial charge < -0.3 is 20.1 Å². The Morgan fingerprint density at radius 3 is 2.57 bits per heavy atom. The highest BCUT2D eigenvalue weighted by Gasteiger charge is 2.08. The van der Waals surface area contributed by atoms with Gasteiger partial charge in [-0.3, -0.25) is 9.97 Å². The summed E-state index contributed by atoms with van der Waals surface area (Å²) in [6, 6.07) is 16.0. The van der Waals surface area contributed by atoms with E-state index in [0.29, 0.717) is 6.61 Å². The van der Waals surface area contributed by atoms with Crippen LogP contribution in [0.2, 0.25) is 0 Å². The van der Waals surface area contributed by atoms with E-state index in [2.05, 4.69) is 26.7 Å². The molecule has 0 aliphatic rings. The molecule has 4 aromatic rings. The Balaban J connectivity index is 1.50. The summed E-state index contributed by atoms with van der Waals surface area (Å²) in [4.78, 5) is 9.15. The fourth-order valence-corrected chi connectivity index (χ4v) is 3.55. The van der Waals surface area contributed by atoms with Crippen LogP contribution in [-0.2, 0) is 0 Å². The maximum Gasteiger partial charge on any atom is 0.121 e. The minimum absolute atomic E-state index is 0.639. The highest BCUT2D eigenvalue weighted by atomic mass is 16.5. The number of aromatic nitrogens is 2. The van der Waals surface area contributed by atoms with Gasteiger partial charge >= 0.3 is 0 Å². The molecule has 4 rings (SSSR count). The summed E-state index contributed by atoms with van der Waals surface area (Å²) in [6.45, 7) is 6.10. The second kappa shape index (κ2) is 8.86. The number of methoxy groups -OCH3 is 1. The van der Waals surface area contributed by atoms with Gasteiger partial charge in [0.1, 0.15) is 11.5 Å². The van der Waals surface area contributed by atoms with Crippen molar-refractivity contribution in [1.29, 1.82) is 0 Å². The summed E-state index contributed by atoms with van der Waals surface area (Å²) in [5.74, 6) is 1.66. The lowest BCUT2D eigenvalue weighted by molar-refractivity contribution is 0.340. The third-order valence-electron chi connectivity index (χ3n) is 4.89. The van der Waals surface area contributed by atoms with E-state index in [1.54, 1.807) is 13.3 Å². The molecule has 0 aliphatic carbocycles. The van der Waals surface area contributed by atoms with Gasteiger partial charge in [0.15, 0.2) is 0 Å². The molecular formula is C24H26N4O2. The lowest BCUT2D eigenvalue weighted by Gasteiger charge is -2.14. The van der Waals surface area contributed by atoms with Crippen LogP contribution in [0.1, 0.15) is 12.6 Å². The molecule has 2 aromatic carbocycles. The van der Waals surface area contributed by atoms with Crippen molar-refractivity contribution in [2.45, 2.75) is 13.8 Å². The molecule has 0 bridgehead atoms. The molecule has 154 valence electrons. The smallest absolute Gasteiger partial charge is 0.121 e. The van der Waals surface area contributed by atoms with Crippen molar-refractivity contribution in [2.24, 2.45) is 0 Å². The Bertz CT molecular complexity index is 1180. The van der Waals surface area contributed by atoms with Crippen molar-refractivity contribution in [1.82, 2.24) is 9.97 Å². The minimum atomic E-state index is 0.639. The molecule has 0 saturated carbocycles. The predicted octanol–water partition coefficient (Wildman–Crippen LogP) is 5.02. The van der Waals surface area contributed by atoms with Crippen LogP contribution in [0.25, 0.3) is 21.8 Å². The first-order chi connectivity index (χ1) is 14.7. The number of anilines is 2. The molecule has 0 spiro atoms. The van der Waals surface area contributed by atoms with Gasteiger partial charge in [0.2, 0.25) is 0 Å². The number of pyridine rings is 2. The zero-order valence-electron chi connectivity index (χ0n) is 17.5. The summed E-state index contributed by atoms with van der Waals surface area (Å²) in [6.07, 6.45) is 1.81. The van der Waals surface area contributed by atoms with Crippen LogP contribution in [0.5, 0.6) is 11.5 Å². The maximum absolute atomic E-state index is 5.66. The molecule has 2 N–H and O–H groups in total. The van der Waals surface area contributed by atoms with Gasteiger partial charge in [-0.25, -0.2) is 0 Å². The number of nitrogens with one attached hydrogen (secondary N) is 2. The fraction of sp³-hybridized carbons (Fsp3) is 0.250. The van der Waals surface area contributed by atoms with E-state index in [-0.39, 0.29) is 0 Å². The van der Waals surface area contributed by atoms with Crippen molar-refractivity contribution in [3.8, 4) is 11.5 Å². The molecule has 2 heterocycles. The Labute approximate surface area is 176 Å². The van der Waals surface area contributed by atoms with E-state index in [1.807, 2.05) is 56.3 Å². The average Bonchev–Trinajstić information content (AvgIpc) is 2.76. The second-order valence-electron chi connectivity index (χ2n) is 7.03. The van der Waals surface area contributed by atoms with Gasteiger partial charge in [-0.1, -0.05) is 6.07 Å². The number of rotatable bonds is 8. The first-order valence-electron chi connectivity index (χ1n) is 10.1. The van der Waals surface area contributed by atoms with Crippen LogP contribution in [0.15, 0.2) is 54.7 Å². The van der Waals surface area contributed by atoms with Crippen molar-refractivity contribution < 1.29 is 9.47 Å². The molecule has 6 nitrogen and oxygen atoms in total. The van der Waals surface area contributed by atoms with Gasteiger partial charge in [0.05, 0.1) is 30.4 Å². The second-order valence-corrected chi connectivity index (χ2v) is 7.03. The Morgan fingerprint density at radius 1 is 0.933 bits per heavy atom. The highest BCUT2D eigenvalue weighted by molar-refractivity contribution is 5.93. The Morgan fingerprint density at radius 2 is 1.77 bits per heavy atom. The van der Waals surface area contributed by atoms with Crippen LogP contribution < -0.4 is 20.1 Å². The number of fused-ring (bicyclic) bond motifs is 2. The third-order valence-corrected chi connectivity index (χ3v) is 4.89. The first kappa shape index (κ1) is 19.8. The largest absolute Gasteiger partial charge is 0.497 e. The van der Waals surface area contributed by atoms with E-state index in [1.165, 1.54) is 0 Å². The van der Waals surface area contributed by atoms with E-state index in [4.69, 9.17) is 9.47 Å². The van der Waals surface area contributed by atoms with Crippen LogP contribution in [0.4, 0.5) is 11.4 Å². The van der Waals surface area contributed by atoms with Crippen LogP contribution in [-0.4, -0.2) is 36.8 Å². The standard InChI is InChI=1S/C24H26N4O2/c1-4-30-18-7-8-21-20(14-18)22(12-16(2)28-21)25-10-11-26-23-15-19(29-3)13-17-6-5-9-27-24(17)23/h5-9,12-15,26H,4,10-11H2,1-3H3,(H,25,28). The average molecular weight is 402 g/mol. The van der Waals surface area contributed by atoms with Gasteiger partial charge in [-0.2, -0.15) is 0 Å². The van der Waals surface area contributed by atoms with Crippen molar-refractivity contribution in [3.63, 3.8) is 0 Å². The van der Waals surface area contributed by atoms with Crippen molar-refractivity contribution in [2.75, 3.05) is 37.4 Å². The van der Waals surface area contributed by atoms with Crippen molar-refractivity contribution >= 4 is 33.2 Å². The SMILES string of the molecule is CCOc1ccc2nc(C)cc(NCCNc3cc(OC)cc4cccnc34)c2c1. The monoisotopic (exact) mass is 402 g/mol. The quantitative estimate of drug-likeness (QED) is 0.403. The number of ether oxygens (including phenoxy) is 2. The topological polar surface area (TPSA) is 68.3 Å². The Hall–Kier alpha value is -3.54. The lowest BCUT2D eigenvalue weighted by atomic mass is 10.1. The summed E-state index contributed by atoms with van der Waals surface area (Å²) in [5.41, 5.74) is 4.88. The van der Waals surface area contributed by atoms with E-state index in [0.717, 1.165) is 63.5 Å². The molecule has 0 atom stereocenters. The zero-order valence-corrected chi connectivity index (χ0v) is 17.5. The number of benzene rings is 2. The zero-order chi connectivity index (χ0) is 20.9. The molecule has 0 amide bonds. The minimum Gasteiger partial charge on any atom is -0.497 e. The van der Waals surface area contributed by atoms with Crippen LogP contribution in [0.3, 0.4) is 0 Å². The number of hydrogen-bond donors (Lipinski definition) is 2. The summed E-state index contributed by atoms with van der Waals surface area (Å²) in [7, 11) is 1.68. The van der Waals surface area contributed by atoms with Crippen LogP contribution >= 0.6 is 0 Å². The molecule has 0 saturated heterocycles. The molecule has 30 heavy (non-hydrogen) atoms. The molecule has 0 aliphatic heterocycles. The predicted molar refractivity (Wildman–Crippen MR) is 123 cm³/mol. The summed E-state index contributed by atoms with van der Waals surface area (Å²) < 4.78 is 11.1. The molecule has 0 fully saturated rings. The summed E-state index contributed by atoms with van der Waals surface area (Å²) >= 11 is 0. The van der Waals surface area contributed by atoms with E-state index in [9.17, 15) is 0 Å². The number of nitrogens with zero attached hydrogens (tertiary/aromatic N) is 2. The molecule has 6 heteroatoms. The highest BCUT2D eigenvalue weighted by Crippen LogP contribution is 2.29. The first-order valence-corrected chi connectivity index (χ1v) is 10.1. The number of hydrogen-bond acceptors (Lipinski definition) is 6. The van der Waals surface area contributed by atoms with Crippen LogP contribution in [0, 0.1) is 6.92 Å². The van der Waals surface area contributed by atoms with Gasteiger partial charge in [0.25, 0.3) is 0 Å². The Kier molecular flexibility index (Phi) is 5.84. The van der Waals surface area contributed by atoms with Gasteiger partial charge in [-0.05, 0) is 50.2 Å². The third kappa shape index (κ3) is 4.22. The normalized spacial score (nSPS) is 10.9. The van der Waals surface area contributed by atoms with E-state index >= 15 is 0 Å². The molecule has 0 unspecified atom stereocenters. The maximum atomic E-state index is 5.66. The summed E-state index contributed by atoms with van der Waals surface area (Å²) in [5, 5.41) is 9.12. The van der Waals surface area contributed by atoms with Gasteiger partial charge in [0, 0.05) is 47.5 Å². The molecule has 2 aromatic heterocycles. The lowest BCUT2D eigenvalue weighted by Crippen LogP contribution is -2.14. The van der Waals surface area contributed by atoms with Gasteiger partial charge in [-0.15, -0.1) is 0 Å². The van der Waals surface area contributed by atoms with E-state index < -0.39 is 0 Å². The fourth-order valence-electron chi connectivity index (χ4n) is 3.55. The molecule has 0 radical (unpaired) electrons. The number of aryl methyl sites for hydroxylation is 1. The van der Waals surface area contributed by atoms with Crippen molar-refractivity contribution in [3.05, 3.63) is 60.4 Å². The molecular weight excluding hydrogens is 376 g/mol.